The fourth-order valence-electron chi connectivity index (χ4n) is 2.31. The summed E-state index contributed by atoms with van der Waals surface area (Å²) in [4.78, 5) is 1.20. The Morgan fingerprint density at radius 2 is 2.15 bits per heavy atom. The van der Waals surface area contributed by atoms with Gasteiger partial charge in [0.2, 0.25) is 0 Å². The third-order valence-corrected chi connectivity index (χ3v) is 4.69. The van der Waals surface area contributed by atoms with E-state index in [1.54, 1.807) is 17.6 Å². The molecule has 2 atom stereocenters. The van der Waals surface area contributed by atoms with Gasteiger partial charge in [-0.15, -0.1) is 11.3 Å². The van der Waals surface area contributed by atoms with Crippen LogP contribution in [0.25, 0.3) is 0 Å². The number of rotatable bonds is 8. The first-order chi connectivity index (χ1) is 9.70. The second-order valence-corrected chi connectivity index (χ2v) is 6.90. The van der Waals surface area contributed by atoms with Crippen molar-refractivity contribution >= 4 is 22.9 Å². The van der Waals surface area contributed by atoms with Gasteiger partial charge in [-0.2, -0.15) is 0 Å². The topological polar surface area (TPSA) is 25.2 Å². The molecule has 0 amide bonds. The summed E-state index contributed by atoms with van der Waals surface area (Å²) in [5.74, 6) is 0.950. The lowest BCUT2D eigenvalue weighted by Gasteiger charge is -2.21. The molecule has 2 heterocycles. The Kier molecular flexibility index (Phi) is 6.14. The normalized spacial score (nSPS) is 14.3. The van der Waals surface area contributed by atoms with Gasteiger partial charge in [0.25, 0.3) is 0 Å². The van der Waals surface area contributed by atoms with Crippen molar-refractivity contribution in [2.75, 3.05) is 0 Å². The first kappa shape index (κ1) is 15.6. The van der Waals surface area contributed by atoms with E-state index in [9.17, 15) is 0 Å². The van der Waals surface area contributed by atoms with Crippen LogP contribution in [-0.4, -0.2) is 6.04 Å². The van der Waals surface area contributed by atoms with Crippen molar-refractivity contribution in [1.29, 1.82) is 0 Å². The quantitative estimate of drug-likeness (QED) is 0.638. The molecule has 0 bridgehead atoms. The van der Waals surface area contributed by atoms with Crippen LogP contribution in [0, 0.1) is 0 Å². The highest BCUT2D eigenvalue weighted by Gasteiger charge is 2.20. The van der Waals surface area contributed by atoms with E-state index in [0.717, 1.165) is 10.1 Å². The molecular formula is C16H22ClNOS. The number of hydrogen-bond acceptors (Lipinski definition) is 3. The van der Waals surface area contributed by atoms with E-state index >= 15 is 0 Å². The van der Waals surface area contributed by atoms with E-state index < -0.39 is 0 Å². The minimum atomic E-state index is 0.0964. The molecule has 0 radical (unpaired) electrons. The van der Waals surface area contributed by atoms with Crippen LogP contribution in [0.2, 0.25) is 4.34 Å². The summed E-state index contributed by atoms with van der Waals surface area (Å²) >= 11 is 7.67. The number of halogens is 1. The molecule has 0 aliphatic rings. The van der Waals surface area contributed by atoms with Crippen molar-refractivity contribution in [3.8, 4) is 0 Å². The monoisotopic (exact) mass is 311 g/mol. The molecule has 110 valence electrons. The predicted octanol–water partition coefficient (Wildman–Crippen LogP) is 5.64. The van der Waals surface area contributed by atoms with Crippen molar-refractivity contribution < 1.29 is 4.42 Å². The van der Waals surface area contributed by atoms with E-state index in [0.29, 0.717) is 6.04 Å². The third kappa shape index (κ3) is 4.37. The highest BCUT2D eigenvalue weighted by Crippen LogP contribution is 2.31. The second kappa shape index (κ2) is 7.87. The number of hydrogen-bond donors (Lipinski definition) is 1. The summed E-state index contributed by atoms with van der Waals surface area (Å²) in [6.45, 7) is 4.47. The minimum absolute atomic E-state index is 0.0964. The van der Waals surface area contributed by atoms with Gasteiger partial charge in [0.1, 0.15) is 11.8 Å². The van der Waals surface area contributed by atoms with Gasteiger partial charge in [-0.05, 0) is 37.6 Å². The molecule has 0 aromatic carbocycles. The molecule has 0 aliphatic heterocycles. The Balaban J connectivity index is 2.04. The average Bonchev–Trinajstić information content (AvgIpc) is 3.07. The molecule has 2 aromatic rings. The molecule has 0 aliphatic carbocycles. The summed E-state index contributed by atoms with van der Waals surface area (Å²) in [7, 11) is 0. The summed E-state index contributed by atoms with van der Waals surface area (Å²) in [6, 6.07) is 8.52. The second-order valence-electron chi connectivity index (χ2n) is 5.15. The van der Waals surface area contributed by atoms with Crippen molar-refractivity contribution in [3.05, 3.63) is 45.5 Å². The zero-order valence-electron chi connectivity index (χ0n) is 12.1. The van der Waals surface area contributed by atoms with E-state index in [2.05, 4.69) is 25.2 Å². The van der Waals surface area contributed by atoms with E-state index in [1.165, 1.54) is 30.6 Å². The molecule has 1 N–H and O–H groups in total. The lowest BCUT2D eigenvalue weighted by molar-refractivity contribution is 0.400. The van der Waals surface area contributed by atoms with E-state index in [1.807, 2.05) is 18.2 Å². The van der Waals surface area contributed by atoms with Gasteiger partial charge in [0.15, 0.2) is 0 Å². The number of thiophene rings is 1. The molecule has 0 spiro atoms. The number of nitrogens with one attached hydrogen (secondary N) is 1. The smallest absolute Gasteiger partial charge is 0.126 e. The standard InChI is InChI=1S/C16H22ClNOS/c1-3-4-5-7-12(2)18-16(13-8-6-11-19-13)14-9-10-15(17)20-14/h6,8-12,16,18H,3-5,7H2,1-2H3. The van der Waals surface area contributed by atoms with Gasteiger partial charge in [-0.25, -0.2) is 0 Å². The Labute approximate surface area is 130 Å². The molecular weight excluding hydrogens is 290 g/mol. The molecule has 2 rings (SSSR count). The van der Waals surface area contributed by atoms with Crippen LogP contribution in [0.5, 0.6) is 0 Å². The van der Waals surface area contributed by atoms with Crippen LogP contribution < -0.4 is 5.32 Å². The zero-order valence-corrected chi connectivity index (χ0v) is 13.6. The third-order valence-electron chi connectivity index (χ3n) is 3.40. The zero-order chi connectivity index (χ0) is 14.4. The average molecular weight is 312 g/mol. The Morgan fingerprint density at radius 1 is 1.30 bits per heavy atom. The number of unbranched alkanes of at least 4 members (excludes halogenated alkanes) is 2. The number of furan rings is 1. The van der Waals surface area contributed by atoms with Crippen LogP contribution in [0.15, 0.2) is 34.9 Å². The van der Waals surface area contributed by atoms with E-state index in [4.69, 9.17) is 16.0 Å². The lowest BCUT2D eigenvalue weighted by Crippen LogP contribution is -2.30. The Hall–Kier alpha value is -0.770. The van der Waals surface area contributed by atoms with Crippen molar-refractivity contribution in [2.24, 2.45) is 0 Å². The van der Waals surface area contributed by atoms with Crippen LogP contribution >= 0.6 is 22.9 Å². The van der Waals surface area contributed by atoms with Gasteiger partial charge in [0.05, 0.1) is 10.6 Å². The van der Waals surface area contributed by atoms with Gasteiger partial charge in [-0.3, -0.25) is 0 Å². The molecule has 0 saturated carbocycles. The summed E-state index contributed by atoms with van der Waals surface area (Å²) in [6.07, 6.45) is 6.73. The minimum Gasteiger partial charge on any atom is -0.467 e. The summed E-state index contributed by atoms with van der Waals surface area (Å²) in [5, 5.41) is 3.67. The molecule has 2 unspecified atom stereocenters. The Morgan fingerprint density at radius 3 is 2.75 bits per heavy atom. The molecule has 0 saturated heterocycles. The first-order valence-corrected chi connectivity index (χ1v) is 8.44. The van der Waals surface area contributed by atoms with Crippen LogP contribution in [0.4, 0.5) is 0 Å². The first-order valence-electron chi connectivity index (χ1n) is 7.25. The van der Waals surface area contributed by atoms with Crippen molar-refractivity contribution in [2.45, 2.75) is 51.6 Å². The van der Waals surface area contributed by atoms with E-state index in [-0.39, 0.29) is 6.04 Å². The molecule has 2 aromatic heterocycles. The van der Waals surface area contributed by atoms with Crippen LogP contribution in [-0.2, 0) is 0 Å². The SMILES string of the molecule is CCCCCC(C)NC(c1ccco1)c1ccc(Cl)s1. The fraction of sp³-hybridized carbons (Fsp3) is 0.500. The largest absolute Gasteiger partial charge is 0.467 e. The van der Waals surface area contributed by atoms with Crippen molar-refractivity contribution in [3.63, 3.8) is 0 Å². The van der Waals surface area contributed by atoms with Gasteiger partial charge >= 0.3 is 0 Å². The molecule has 0 fully saturated rings. The van der Waals surface area contributed by atoms with Crippen molar-refractivity contribution in [1.82, 2.24) is 5.32 Å². The van der Waals surface area contributed by atoms with Crippen LogP contribution in [0.1, 0.15) is 56.2 Å². The Bertz CT molecular complexity index is 494. The predicted molar refractivity (Wildman–Crippen MR) is 86.6 cm³/mol. The van der Waals surface area contributed by atoms with Gasteiger partial charge < -0.3 is 9.73 Å². The lowest BCUT2D eigenvalue weighted by atomic mass is 10.1. The van der Waals surface area contributed by atoms with Gasteiger partial charge in [0, 0.05) is 10.9 Å². The molecule has 2 nitrogen and oxygen atoms in total. The maximum absolute atomic E-state index is 6.06. The fourth-order valence-corrected chi connectivity index (χ4v) is 3.44. The summed E-state index contributed by atoms with van der Waals surface area (Å²) in [5.41, 5.74) is 0. The highest BCUT2D eigenvalue weighted by molar-refractivity contribution is 7.16. The summed E-state index contributed by atoms with van der Waals surface area (Å²) < 4.78 is 6.40. The molecule has 20 heavy (non-hydrogen) atoms. The van der Waals surface area contributed by atoms with Gasteiger partial charge in [-0.1, -0.05) is 37.8 Å². The maximum atomic E-state index is 6.06. The maximum Gasteiger partial charge on any atom is 0.126 e. The van der Waals surface area contributed by atoms with Crippen LogP contribution in [0.3, 0.4) is 0 Å². The highest BCUT2D eigenvalue weighted by atomic mass is 35.5. The molecule has 4 heteroatoms.